The molecule has 1 aromatic rings. The summed E-state index contributed by atoms with van der Waals surface area (Å²) in [4.78, 5) is 16.3. The van der Waals surface area contributed by atoms with Crippen LogP contribution in [0.5, 0.6) is 0 Å². The summed E-state index contributed by atoms with van der Waals surface area (Å²) >= 11 is 0. The third-order valence-corrected chi connectivity index (χ3v) is 4.49. The van der Waals surface area contributed by atoms with Crippen molar-refractivity contribution in [2.45, 2.75) is 45.9 Å². The first-order valence-corrected chi connectivity index (χ1v) is 8.92. The van der Waals surface area contributed by atoms with Crippen LogP contribution in [0.2, 0.25) is 0 Å². The Labute approximate surface area is 145 Å². The van der Waals surface area contributed by atoms with E-state index < -0.39 is 0 Å². The van der Waals surface area contributed by atoms with Crippen molar-refractivity contribution in [1.82, 2.24) is 15.1 Å². The van der Waals surface area contributed by atoms with Gasteiger partial charge >= 0.3 is 6.03 Å². The number of urea groups is 1. The standard InChI is InChI=1S/C19H31N3O2/c1-15(2)13-21(3)19(24)20-12-16-6-4-5-7-17(16)14-22-10-8-18(23)9-11-22/h4-7,15,18,23H,8-14H2,1-3H3,(H,20,24). The summed E-state index contributed by atoms with van der Waals surface area (Å²) < 4.78 is 0. The predicted octanol–water partition coefficient (Wildman–Crippen LogP) is 2.44. The monoisotopic (exact) mass is 333 g/mol. The molecule has 5 heteroatoms. The molecular formula is C19H31N3O2. The lowest BCUT2D eigenvalue weighted by Gasteiger charge is -2.30. The molecule has 2 amide bonds. The number of nitrogens with one attached hydrogen (secondary N) is 1. The Bertz CT molecular complexity index is 525. The third kappa shape index (κ3) is 5.80. The first-order valence-electron chi connectivity index (χ1n) is 8.92. The van der Waals surface area contributed by atoms with Gasteiger partial charge in [0.25, 0.3) is 0 Å². The number of amides is 2. The number of likely N-dealkylation sites (tertiary alicyclic amines) is 1. The van der Waals surface area contributed by atoms with Gasteiger partial charge in [-0.2, -0.15) is 0 Å². The van der Waals surface area contributed by atoms with Gasteiger partial charge < -0.3 is 15.3 Å². The lowest BCUT2D eigenvalue weighted by Crippen LogP contribution is -2.39. The van der Waals surface area contributed by atoms with Crippen molar-refractivity contribution >= 4 is 6.03 Å². The minimum Gasteiger partial charge on any atom is -0.393 e. The first kappa shape index (κ1) is 18.7. The molecule has 0 saturated carbocycles. The van der Waals surface area contributed by atoms with Gasteiger partial charge in [0.05, 0.1) is 6.10 Å². The molecule has 0 aromatic heterocycles. The highest BCUT2D eigenvalue weighted by atomic mass is 16.3. The molecule has 5 nitrogen and oxygen atoms in total. The van der Waals surface area contributed by atoms with E-state index in [9.17, 15) is 9.90 Å². The fraction of sp³-hybridized carbons (Fsp3) is 0.632. The molecule has 0 aliphatic carbocycles. The van der Waals surface area contributed by atoms with Crippen LogP contribution in [0.4, 0.5) is 4.79 Å². The van der Waals surface area contributed by atoms with Crippen molar-refractivity contribution < 1.29 is 9.90 Å². The summed E-state index contributed by atoms with van der Waals surface area (Å²) in [6.45, 7) is 8.25. The normalized spacial score (nSPS) is 16.4. The Kier molecular flexibility index (Phi) is 7.06. The van der Waals surface area contributed by atoms with E-state index in [0.29, 0.717) is 12.5 Å². The highest BCUT2D eigenvalue weighted by molar-refractivity contribution is 5.73. The average Bonchev–Trinajstić information content (AvgIpc) is 2.55. The second-order valence-electron chi connectivity index (χ2n) is 7.21. The van der Waals surface area contributed by atoms with Crippen molar-refractivity contribution in [2.75, 3.05) is 26.7 Å². The van der Waals surface area contributed by atoms with E-state index in [1.165, 1.54) is 5.56 Å². The van der Waals surface area contributed by atoms with Crippen LogP contribution in [0.1, 0.15) is 37.8 Å². The molecule has 0 spiro atoms. The van der Waals surface area contributed by atoms with E-state index in [-0.39, 0.29) is 12.1 Å². The van der Waals surface area contributed by atoms with E-state index in [1.807, 2.05) is 19.2 Å². The van der Waals surface area contributed by atoms with E-state index >= 15 is 0 Å². The zero-order valence-electron chi connectivity index (χ0n) is 15.2. The number of aliphatic hydroxyl groups is 1. The maximum absolute atomic E-state index is 12.2. The summed E-state index contributed by atoms with van der Waals surface area (Å²) in [6, 6.07) is 8.24. The highest BCUT2D eigenvalue weighted by Crippen LogP contribution is 2.16. The van der Waals surface area contributed by atoms with Gasteiger partial charge in [-0.05, 0) is 29.9 Å². The van der Waals surface area contributed by atoms with Gasteiger partial charge in [0.2, 0.25) is 0 Å². The summed E-state index contributed by atoms with van der Waals surface area (Å²) in [5.74, 6) is 0.461. The number of carbonyl (C=O) groups excluding carboxylic acids is 1. The topological polar surface area (TPSA) is 55.8 Å². The molecule has 0 unspecified atom stereocenters. The summed E-state index contributed by atoms with van der Waals surface area (Å²) in [6.07, 6.45) is 1.55. The van der Waals surface area contributed by atoms with Crippen LogP contribution in [-0.4, -0.2) is 53.7 Å². The van der Waals surface area contributed by atoms with Crippen LogP contribution in [0.25, 0.3) is 0 Å². The fourth-order valence-corrected chi connectivity index (χ4v) is 3.14. The van der Waals surface area contributed by atoms with Gasteiger partial charge in [-0.25, -0.2) is 4.79 Å². The Hall–Kier alpha value is -1.59. The van der Waals surface area contributed by atoms with Gasteiger partial charge in [-0.3, -0.25) is 4.90 Å². The van der Waals surface area contributed by atoms with Crippen molar-refractivity contribution in [2.24, 2.45) is 5.92 Å². The van der Waals surface area contributed by atoms with Crippen LogP contribution in [0.15, 0.2) is 24.3 Å². The fourth-order valence-electron chi connectivity index (χ4n) is 3.14. The largest absolute Gasteiger partial charge is 0.393 e. The van der Waals surface area contributed by atoms with Gasteiger partial charge in [0.15, 0.2) is 0 Å². The average molecular weight is 333 g/mol. The van der Waals surface area contributed by atoms with Crippen molar-refractivity contribution in [3.05, 3.63) is 35.4 Å². The van der Waals surface area contributed by atoms with E-state index in [4.69, 9.17) is 0 Å². The molecule has 1 aromatic carbocycles. The number of hydrogen-bond acceptors (Lipinski definition) is 3. The number of benzene rings is 1. The number of carbonyl (C=O) groups is 1. The van der Waals surface area contributed by atoms with Crippen LogP contribution in [-0.2, 0) is 13.1 Å². The molecule has 0 radical (unpaired) electrons. The number of hydrogen-bond donors (Lipinski definition) is 2. The SMILES string of the molecule is CC(C)CN(C)C(=O)NCc1ccccc1CN1CCC(O)CC1. The molecule has 0 bridgehead atoms. The van der Waals surface area contributed by atoms with Crippen LogP contribution >= 0.6 is 0 Å². The Balaban J connectivity index is 1.90. The molecular weight excluding hydrogens is 302 g/mol. The molecule has 1 aliphatic heterocycles. The number of piperidine rings is 1. The van der Waals surface area contributed by atoms with Crippen molar-refractivity contribution in [3.63, 3.8) is 0 Å². The number of aliphatic hydroxyl groups excluding tert-OH is 1. The maximum atomic E-state index is 12.2. The third-order valence-electron chi connectivity index (χ3n) is 4.49. The first-order chi connectivity index (χ1) is 11.5. The van der Waals surface area contributed by atoms with Crippen LogP contribution in [0.3, 0.4) is 0 Å². The summed E-state index contributed by atoms with van der Waals surface area (Å²) in [7, 11) is 1.83. The van der Waals surface area contributed by atoms with Crippen LogP contribution in [0, 0.1) is 5.92 Å². The molecule has 24 heavy (non-hydrogen) atoms. The van der Waals surface area contributed by atoms with Gasteiger partial charge in [0.1, 0.15) is 0 Å². The molecule has 134 valence electrons. The van der Waals surface area contributed by atoms with Gasteiger partial charge in [-0.1, -0.05) is 38.1 Å². The zero-order chi connectivity index (χ0) is 17.5. The van der Waals surface area contributed by atoms with Crippen molar-refractivity contribution in [3.8, 4) is 0 Å². The van der Waals surface area contributed by atoms with Crippen LogP contribution < -0.4 is 5.32 Å². The molecule has 0 atom stereocenters. The maximum Gasteiger partial charge on any atom is 0.317 e. The number of nitrogens with zero attached hydrogens (tertiary/aromatic N) is 2. The summed E-state index contributed by atoms with van der Waals surface area (Å²) in [5, 5.41) is 12.6. The van der Waals surface area contributed by atoms with Gasteiger partial charge in [0, 0.05) is 39.8 Å². The molecule has 1 heterocycles. The Morgan fingerprint density at radius 2 is 1.92 bits per heavy atom. The van der Waals surface area contributed by atoms with Crippen molar-refractivity contribution in [1.29, 1.82) is 0 Å². The minimum absolute atomic E-state index is 0.0282. The minimum atomic E-state index is -0.146. The predicted molar refractivity (Wildman–Crippen MR) is 96.7 cm³/mol. The molecule has 2 N–H and O–H groups in total. The second-order valence-corrected chi connectivity index (χ2v) is 7.21. The smallest absolute Gasteiger partial charge is 0.317 e. The van der Waals surface area contributed by atoms with Gasteiger partial charge in [-0.15, -0.1) is 0 Å². The number of rotatable bonds is 6. The molecule has 2 rings (SSSR count). The van der Waals surface area contributed by atoms with E-state index in [0.717, 1.165) is 44.6 Å². The molecule has 1 aliphatic rings. The quantitative estimate of drug-likeness (QED) is 0.841. The Morgan fingerprint density at radius 1 is 1.29 bits per heavy atom. The molecule has 1 saturated heterocycles. The lowest BCUT2D eigenvalue weighted by molar-refractivity contribution is 0.0791. The Morgan fingerprint density at radius 3 is 2.54 bits per heavy atom. The summed E-state index contributed by atoms with van der Waals surface area (Å²) in [5.41, 5.74) is 2.41. The molecule has 1 fully saturated rings. The second kappa shape index (κ2) is 9.04. The highest BCUT2D eigenvalue weighted by Gasteiger charge is 2.18. The van der Waals surface area contributed by atoms with E-state index in [1.54, 1.807) is 4.90 Å². The lowest BCUT2D eigenvalue weighted by atomic mass is 10.0. The van der Waals surface area contributed by atoms with E-state index in [2.05, 4.69) is 36.2 Å². The zero-order valence-corrected chi connectivity index (χ0v) is 15.2.